The quantitative estimate of drug-likeness (QED) is 0.507. The Bertz CT molecular complexity index is 11.6. The number of hydrogen-bond donors (Lipinski definition) is 3. The fourth-order valence-corrected chi connectivity index (χ4v) is 0. The van der Waals surface area contributed by atoms with Crippen molar-refractivity contribution in [3.63, 3.8) is 0 Å². The molecule has 0 aliphatic rings. The predicted octanol–water partition coefficient (Wildman–Crippen LogP) is -0.812. The van der Waals surface area contributed by atoms with Crippen molar-refractivity contribution in [2.45, 2.75) is 0 Å². The van der Waals surface area contributed by atoms with Gasteiger partial charge >= 0.3 is 8.60 Å². The summed E-state index contributed by atoms with van der Waals surface area (Å²) in [6, 6.07) is 0. The molecule has 0 fully saturated rings. The molecule has 0 amide bonds. The molecule has 36 valence electrons. The molecule has 0 heterocycles. The van der Waals surface area contributed by atoms with E-state index in [1.807, 2.05) is 0 Å². The summed E-state index contributed by atoms with van der Waals surface area (Å²) < 4.78 is 0. The first-order valence-corrected chi connectivity index (χ1v) is 1.80. The standard InChI is InChI=1S/H3O3P.Pt/c1-4(2)3;/h1-3H;. The molecule has 0 aliphatic heterocycles. The average molecular weight is 277 g/mol. The summed E-state index contributed by atoms with van der Waals surface area (Å²) >= 11 is 0. The van der Waals surface area contributed by atoms with Gasteiger partial charge in [0.15, 0.2) is 0 Å². The average Bonchev–Trinajstić information content (AvgIpc) is 0.811. The second kappa shape index (κ2) is 5.00. The van der Waals surface area contributed by atoms with E-state index in [0.29, 0.717) is 0 Å². The van der Waals surface area contributed by atoms with Gasteiger partial charge in [-0.1, -0.05) is 0 Å². The van der Waals surface area contributed by atoms with Gasteiger partial charge in [0.05, 0.1) is 0 Å². The van der Waals surface area contributed by atoms with E-state index < -0.39 is 8.60 Å². The van der Waals surface area contributed by atoms with Crippen LogP contribution in [0.25, 0.3) is 0 Å². The molecule has 0 aromatic carbocycles. The van der Waals surface area contributed by atoms with Gasteiger partial charge in [0.1, 0.15) is 0 Å². The Morgan fingerprint density at radius 3 is 1.00 bits per heavy atom. The van der Waals surface area contributed by atoms with Crippen molar-refractivity contribution < 1.29 is 35.7 Å². The first-order chi connectivity index (χ1) is 1.73. The van der Waals surface area contributed by atoms with Crippen molar-refractivity contribution >= 4 is 8.60 Å². The van der Waals surface area contributed by atoms with E-state index in [2.05, 4.69) is 0 Å². The Labute approximate surface area is 44.9 Å². The SMILES string of the molecule is OP(O)O.[Pt]. The molecule has 5 heteroatoms. The van der Waals surface area contributed by atoms with Crippen molar-refractivity contribution in [2.24, 2.45) is 0 Å². The Hall–Kier alpha value is 0.998. The maximum absolute atomic E-state index is 7.23. The first-order valence-electron chi connectivity index (χ1n) is 0.600. The minimum Gasteiger partial charge on any atom is -0.328 e. The van der Waals surface area contributed by atoms with Crippen LogP contribution in [0.1, 0.15) is 0 Å². The fourth-order valence-electron chi connectivity index (χ4n) is 0. The predicted molar refractivity (Wildman–Crippen MR) is 13.6 cm³/mol. The molecular weight excluding hydrogens is 274 g/mol. The van der Waals surface area contributed by atoms with Gasteiger partial charge in [0, 0.05) is 21.1 Å². The van der Waals surface area contributed by atoms with Crippen LogP contribution in [0.15, 0.2) is 0 Å². The topological polar surface area (TPSA) is 60.7 Å². The third-order valence-corrected chi connectivity index (χ3v) is 0. The molecule has 0 bridgehead atoms. The number of rotatable bonds is 0. The molecule has 3 N–H and O–H groups in total. The molecule has 0 radical (unpaired) electrons. The fraction of sp³-hybridized carbons (Fsp3) is 0. The molecule has 0 saturated heterocycles. The third kappa shape index (κ3) is 45.1. The molecule has 0 rings (SSSR count). The zero-order valence-corrected chi connectivity index (χ0v) is 5.27. The first kappa shape index (κ1) is 9.37. The van der Waals surface area contributed by atoms with Gasteiger partial charge in [-0.2, -0.15) is 0 Å². The van der Waals surface area contributed by atoms with E-state index in [0.717, 1.165) is 0 Å². The summed E-state index contributed by atoms with van der Waals surface area (Å²) in [5, 5.41) is 0. The van der Waals surface area contributed by atoms with Crippen molar-refractivity contribution in [3.05, 3.63) is 0 Å². The summed E-state index contributed by atoms with van der Waals surface area (Å²) in [6.07, 6.45) is 0. The maximum Gasteiger partial charge on any atom is 0.324 e. The molecular formula is H3O3PPt. The van der Waals surface area contributed by atoms with E-state index in [9.17, 15) is 0 Å². The van der Waals surface area contributed by atoms with E-state index in [4.69, 9.17) is 14.7 Å². The largest absolute Gasteiger partial charge is 0.328 e. The van der Waals surface area contributed by atoms with Gasteiger partial charge in [-0.05, 0) is 0 Å². The monoisotopic (exact) mass is 277 g/mol. The Kier molecular flexibility index (Phi) is 9.37. The van der Waals surface area contributed by atoms with Crippen LogP contribution in [-0.2, 0) is 21.1 Å². The van der Waals surface area contributed by atoms with Gasteiger partial charge in [0.2, 0.25) is 0 Å². The zero-order valence-electron chi connectivity index (χ0n) is 2.11. The maximum atomic E-state index is 7.23. The Morgan fingerprint density at radius 1 is 1.00 bits per heavy atom. The molecule has 0 aromatic rings. The van der Waals surface area contributed by atoms with Crippen LogP contribution in [-0.4, -0.2) is 14.7 Å². The smallest absolute Gasteiger partial charge is 0.324 e. The summed E-state index contributed by atoms with van der Waals surface area (Å²) in [7, 11) is -2.62. The van der Waals surface area contributed by atoms with Crippen LogP contribution in [0.3, 0.4) is 0 Å². The molecule has 0 saturated carbocycles. The van der Waals surface area contributed by atoms with E-state index in [-0.39, 0.29) is 21.1 Å². The van der Waals surface area contributed by atoms with Crippen LogP contribution in [0, 0.1) is 0 Å². The van der Waals surface area contributed by atoms with E-state index >= 15 is 0 Å². The van der Waals surface area contributed by atoms with E-state index in [1.165, 1.54) is 0 Å². The molecule has 5 heavy (non-hydrogen) atoms. The van der Waals surface area contributed by atoms with Gasteiger partial charge in [-0.3, -0.25) is 0 Å². The van der Waals surface area contributed by atoms with Crippen LogP contribution >= 0.6 is 8.60 Å². The molecule has 3 nitrogen and oxygen atoms in total. The van der Waals surface area contributed by atoms with Crippen molar-refractivity contribution in [1.29, 1.82) is 0 Å². The van der Waals surface area contributed by atoms with Gasteiger partial charge < -0.3 is 14.7 Å². The van der Waals surface area contributed by atoms with Crippen LogP contribution in [0.5, 0.6) is 0 Å². The van der Waals surface area contributed by atoms with Gasteiger partial charge in [-0.15, -0.1) is 0 Å². The molecule has 0 aromatic heterocycles. The van der Waals surface area contributed by atoms with Crippen molar-refractivity contribution in [1.82, 2.24) is 0 Å². The molecule has 0 spiro atoms. The summed E-state index contributed by atoms with van der Waals surface area (Å²) in [5.74, 6) is 0. The summed E-state index contributed by atoms with van der Waals surface area (Å²) in [5.41, 5.74) is 0. The van der Waals surface area contributed by atoms with Crippen molar-refractivity contribution in [2.75, 3.05) is 0 Å². The zero-order chi connectivity index (χ0) is 3.58. The minimum atomic E-state index is -2.62. The molecule has 0 atom stereocenters. The van der Waals surface area contributed by atoms with Gasteiger partial charge in [0.25, 0.3) is 0 Å². The second-order valence-corrected chi connectivity index (χ2v) is 0.805. The molecule has 0 aliphatic carbocycles. The summed E-state index contributed by atoms with van der Waals surface area (Å²) in [6.45, 7) is 0. The Morgan fingerprint density at radius 2 is 1.00 bits per heavy atom. The number of hydrogen-bond acceptors (Lipinski definition) is 3. The van der Waals surface area contributed by atoms with Crippen molar-refractivity contribution in [3.8, 4) is 0 Å². The normalized spacial score (nSPS) is 7.20. The summed E-state index contributed by atoms with van der Waals surface area (Å²) in [4.78, 5) is 21.7. The van der Waals surface area contributed by atoms with Crippen LogP contribution < -0.4 is 0 Å². The van der Waals surface area contributed by atoms with Crippen LogP contribution in [0.2, 0.25) is 0 Å². The van der Waals surface area contributed by atoms with Gasteiger partial charge in [-0.25, -0.2) is 0 Å². The minimum absolute atomic E-state index is 0. The Balaban J connectivity index is 0. The third-order valence-electron chi connectivity index (χ3n) is 0. The second-order valence-electron chi connectivity index (χ2n) is 0.268. The molecule has 0 unspecified atom stereocenters. The van der Waals surface area contributed by atoms with E-state index in [1.54, 1.807) is 0 Å². The van der Waals surface area contributed by atoms with Crippen LogP contribution in [0.4, 0.5) is 0 Å².